The molecule has 1 heterocycles. The highest BCUT2D eigenvalue weighted by molar-refractivity contribution is 6.35. The molecule has 2 aromatic carbocycles. The number of oxazole rings is 1. The van der Waals surface area contributed by atoms with Crippen LogP contribution in [0.4, 0.5) is 5.69 Å². The monoisotopic (exact) mass is 390 g/mol. The molecule has 0 bridgehead atoms. The smallest absolute Gasteiger partial charge is 0.224 e. The van der Waals surface area contributed by atoms with Crippen LogP contribution in [-0.4, -0.2) is 18.0 Å². The summed E-state index contributed by atoms with van der Waals surface area (Å²) in [6, 6.07) is 12.4. The molecule has 3 aromatic rings. The van der Waals surface area contributed by atoms with Gasteiger partial charge in [-0.1, -0.05) is 23.2 Å². The molecule has 0 saturated carbocycles. The van der Waals surface area contributed by atoms with Gasteiger partial charge in [0, 0.05) is 23.4 Å². The molecule has 0 fully saturated rings. The van der Waals surface area contributed by atoms with Crippen LogP contribution in [0.3, 0.4) is 0 Å². The minimum Gasteiger partial charge on any atom is -0.497 e. The maximum absolute atomic E-state index is 12.1. The van der Waals surface area contributed by atoms with Gasteiger partial charge in [-0.25, -0.2) is 4.98 Å². The molecule has 1 aromatic heterocycles. The Labute approximate surface area is 160 Å². The maximum atomic E-state index is 12.1. The molecule has 1 amide bonds. The minimum absolute atomic E-state index is 0.196. The molecule has 0 saturated heterocycles. The highest BCUT2D eigenvalue weighted by Crippen LogP contribution is 2.26. The van der Waals surface area contributed by atoms with Crippen LogP contribution in [0.25, 0.3) is 11.3 Å². The molecule has 0 spiro atoms. The number of ether oxygens (including phenoxy) is 1. The van der Waals surface area contributed by atoms with Crippen LogP contribution in [0.5, 0.6) is 5.75 Å². The third-order valence-electron chi connectivity index (χ3n) is 3.70. The first-order valence-corrected chi connectivity index (χ1v) is 8.65. The van der Waals surface area contributed by atoms with Gasteiger partial charge < -0.3 is 14.5 Å². The van der Waals surface area contributed by atoms with Crippen LogP contribution >= 0.6 is 23.2 Å². The summed E-state index contributed by atoms with van der Waals surface area (Å²) in [7, 11) is 1.61. The van der Waals surface area contributed by atoms with E-state index in [2.05, 4.69) is 10.3 Å². The molecule has 5 nitrogen and oxygen atoms in total. The minimum atomic E-state index is -0.196. The maximum Gasteiger partial charge on any atom is 0.224 e. The summed E-state index contributed by atoms with van der Waals surface area (Å²) >= 11 is 11.9. The summed E-state index contributed by atoms with van der Waals surface area (Å²) < 4.78 is 10.8. The van der Waals surface area contributed by atoms with Gasteiger partial charge in [0.25, 0.3) is 0 Å². The third kappa shape index (κ3) is 4.56. The molecule has 0 aliphatic heterocycles. The van der Waals surface area contributed by atoms with Gasteiger partial charge in [-0.15, -0.1) is 0 Å². The molecule has 26 heavy (non-hydrogen) atoms. The Balaban J connectivity index is 1.58. The van der Waals surface area contributed by atoms with Gasteiger partial charge in [0.05, 0.1) is 24.0 Å². The van der Waals surface area contributed by atoms with Gasteiger partial charge in [-0.2, -0.15) is 0 Å². The van der Waals surface area contributed by atoms with E-state index in [0.717, 1.165) is 11.3 Å². The van der Waals surface area contributed by atoms with Crippen molar-refractivity contribution in [2.75, 3.05) is 12.4 Å². The van der Waals surface area contributed by atoms with E-state index in [1.165, 1.54) is 0 Å². The normalized spacial score (nSPS) is 10.6. The number of methoxy groups -OCH3 is 1. The second-order valence-corrected chi connectivity index (χ2v) is 6.36. The topological polar surface area (TPSA) is 64.4 Å². The summed E-state index contributed by atoms with van der Waals surface area (Å²) in [4.78, 5) is 16.3. The number of anilines is 1. The lowest BCUT2D eigenvalue weighted by molar-refractivity contribution is -0.116. The molecule has 0 radical (unpaired) electrons. The largest absolute Gasteiger partial charge is 0.497 e. The van der Waals surface area contributed by atoms with Crippen LogP contribution in [0, 0.1) is 0 Å². The van der Waals surface area contributed by atoms with Crippen LogP contribution < -0.4 is 10.1 Å². The molecule has 3 rings (SSSR count). The second-order valence-electron chi connectivity index (χ2n) is 5.52. The predicted octanol–water partition coefficient (Wildman–Crippen LogP) is 5.23. The lowest BCUT2D eigenvalue weighted by atomic mass is 10.2. The van der Waals surface area contributed by atoms with Crippen molar-refractivity contribution in [1.29, 1.82) is 0 Å². The molecule has 0 atom stereocenters. The fraction of sp³-hybridized carbons (Fsp3) is 0.158. The first-order chi connectivity index (χ1) is 12.5. The van der Waals surface area contributed by atoms with E-state index in [-0.39, 0.29) is 12.3 Å². The number of benzene rings is 2. The summed E-state index contributed by atoms with van der Waals surface area (Å²) in [6.07, 6.45) is 2.23. The van der Waals surface area contributed by atoms with Crippen LogP contribution in [0.2, 0.25) is 10.0 Å². The van der Waals surface area contributed by atoms with Crippen molar-refractivity contribution in [3.05, 3.63) is 64.6 Å². The average Bonchev–Trinajstić information content (AvgIpc) is 3.12. The molecule has 0 aliphatic carbocycles. The van der Waals surface area contributed by atoms with Gasteiger partial charge in [0.1, 0.15) is 5.75 Å². The quantitative estimate of drug-likeness (QED) is 0.625. The number of aryl methyl sites for hydroxylation is 1. The molecule has 7 heteroatoms. The first-order valence-electron chi connectivity index (χ1n) is 7.89. The van der Waals surface area contributed by atoms with E-state index in [1.54, 1.807) is 31.5 Å². The van der Waals surface area contributed by atoms with Crippen LogP contribution in [0.15, 0.2) is 53.1 Å². The van der Waals surface area contributed by atoms with Crippen molar-refractivity contribution in [3.8, 4) is 17.1 Å². The first kappa shape index (κ1) is 18.3. The fourth-order valence-electron chi connectivity index (χ4n) is 2.34. The lowest BCUT2D eigenvalue weighted by Gasteiger charge is -2.06. The number of amides is 1. The molecular weight excluding hydrogens is 375 g/mol. The number of hydrogen-bond acceptors (Lipinski definition) is 4. The van der Waals surface area contributed by atoms with Crippen molar-refractivity contribution < 1.29 is 13.9 Å². The van der Waals surface area contributed by atoms with Gasteiger partial charge in [0.15, 0.2) is 11.7 Å². The number of rotatable bonds is 6. The Kier molecular flexibility index (Phi) is 5.81. The zero-order chi connectivity index (χ0) is 18.5. The highest BCUT2D eigenvalue weighted by Gasteiger charge is 2.11. The Morgan fingerprint density at radius 2 is 1.96 bits per heavy atom. The number of carbonyl (C=O) groups is 1. The van der Waals surface area contributed by atoms with Crippen LogP contribution in [-0.2, 0) is 11.2 Å². The van der Waals surface area contributed by atoms with Crippen molar-refractivity contribution in [3.63, 3.8) is 0 Å². The average molecular weight is 391 g/mol. The molecule has 0 aliphatic rings. The fourth-order valence-corrected chi connectivity index (χ4v) is 2.68. The lowest BCUT2D eigenvalue weighted by Crippen LogP contribution is -2.12. The number of carbonyl (C=O) groups excluding carboxylic acids is 1. The summed E-state index contributed by atoms with van der Waals surface area (Å²) in [5, 5.41) is 3.67. The van der Waals surface area contributed by atoms with E-state index < -0.39 is 0 Å². The third-order valence-corrected chi connectivity index (χ3v) is 4.26. The number of nitrogens with zero attached hydrogens (tertiary/aromatic N) is 1. The Hall–Kier alpha value is -2.50. The molecule has 0 unspecified atom stereocenters. The van der Waals surface area contributed by atoms with Crippen molar-refractivity contribution in [2.24, 2.45) is 0 Å². The predicted molar refractivity (Wildman–Crippen MR) is 102 cm³/mol. The van der Waals surface area contributed by atoms with E-state index in [1.807, 2.05) is 24.3 Å². The Bertz CT molecular complexity index is 907. The van der Waals surface area contributed by atoms with Crippen molar-refractivity contribution in [1.82, 2.24) is 4.98 Å². The number of halogens is 2. The van der Waals surface area contributed by atoms with Gasteiger partial charge in [-0.3, -0.25) is 4.79 Å². The van der Waals surface area contributed by atoms with E-state index in [4.69, 9.17) is 32.4 Å². The van der Waals surface area contributed by atoms with E-state index in [0.29, 0.717) is 33.8 Å². The second kappa shape index (κ2) is 8.25. The van der Waals surface area contributed by atoms with Crippen LogP contribution in [0.1, 0.15) is 12.3 Å². The van der Waals surface area contributed by atoms with Crippen molar-refractivity contribution >= 4 is 34.8 Å². The zero-order valence-electron chi connectivity index (χ0n) is 14.0. The number of nitrogens with one attached hydrogen (secondary N) is 1. The van der Waals surface area contributed by atoms with Gasteiger partial charge >= 0.3 is 0 Å². The Morgan fingerprint density at radius 3 is 2.69 bits per heavy atom. The standard InChI is InChI=1S/C19H16Cl2N2O3/c1-25-14-5-2-12(3-6-14)17-11-22-19(26-17)9-8-18(24)23-16-10-13(20)4-7-15(16)21/h2-7,10-11H,8-9H2,1H3,(H,23,24). The summed E-state index contributed by atoms with van der Waals surface area (Å²) in [5.74, 6) is 1.70. The highest BCUT2D eigenvalue weighted by atomic mass is 35.5. The number of hydrogen-bond donors (Lipinski definition) is 1. The van der Waals surface area contributed by atoms with Gasteiger partial charge in [0.2, 0.25) is 5.91 Å². The van der Waals surface area contributed by atoms with Crippen molar-refractivity contribution in [2.45, 2.75) is 12.8 Å². The summed E-state index contributed by atoms with van der Waals surface area (Å²) in [5.41, 5.74) is 1.37. The van der Waals surface area contributed by atoms with E-state index >= 15 is 0 Å². The number of aromatic nitrogens is 1. The molecule has 1 N–H and O–H groups in total. The molecule has 134 valence electrons. The Morgan fingerprint density at radius 1 is 1.19 bits per heavy atom. The SMILES string of the molecule is COc1ccc(-c2cnc(CCC(=O)Nc3cc(Cl)ccc3Cl)o2)cc1. The molecular formula is C19H16Cl2N2O3. The zero-order valence-corrected chi connectivity index (χ0v) is 15.5. The summed E-state index contributed by atoms with van der Waals surface area (Å²) in [6.45, 7) is 0. The van der Waals surface area contributed by atoms with Gasteiger partial charge in [-0.05, 0) is 42.5 Å². The van der Waals surface area contributed by atoms with E-state index in [9.17, 15) is 4.79 Å².